The van der Waals surface area contributed by atoms with E-state index in [0.717, 1.165) is 24.3 Å². The summed E-state index contributed by atoms with van der Waals surface area (Å²) >= 11 is 1.43. The summed E-state index contributed by atoms with van der Waals surface area (Å²) in [6.07, 6.45) is 5.58. The fraction of sp³-hybridized carbons (Fsp3) is 0.364. The van der Waals surface area contributed by atoms with Crippen LogP contribution in [0.4, 0.5) is 5.13 Å². The molecule has 8 heteroatoms. The van der Waals surface area contributed by atoms with Gasteiger partial charge in [0.2, 0.25) is 11.0 Å². The van der Waals surface area contributed by atoms with E-state index in [0.29, 0.717) is 36.8 Å². The van der Waals surface area contributed by atoms with Crippen LogP contribution in [0.25, 0.3) is 0 Å². The number of carbonyl (C=O) groups excluding carboxylic acids is 2. The van der Waals surface area contributed by atoms with Gasteiger partial charge in [0.1, 0.15) is 5.01 Å². The molecule has 2 amide bonds. The zero-order valence-electron chi connectivity index (χ0n) is 16.6. The predicted molar refractivity (Wildman–Crippen MR) is 114 cm³/mol. The lowest BCUT2D eigenvalue weighted by molar-refractivity contribution is -0.121. The lowest BCUT2D eigenvalue weighted by Gasteiger charge is -2.30. The molecule has 0 unspecified atom stereocenters. The monoisotopic (exact) mass is 424 g/mol. The van der Waals surface area contributed by atoms with Gasteiger partial charge < -0.3 is 14.6 Å². The minimum atomic E-state index is -0.129. The van der Waals surface area contributed by atoms with Gasteiger partial charge in [-0.2, -0.15) is 0 Å². The van der Waals surface area contributed by atoms with Crippen molar-refractivity contribution in [3.05, 3.63) is 65.1 Å². The molecule has 0 radical (unpaired) electrons. The van der Waals surface area contributed by atoms with E-state index in [2.05, 4.69) is 27.6 Å². The third-order valence-corrected chi connectivity index (χ3v) is 6.18. The zero-order chi connectivity index (χ0) is 20.8. The van der Waals surface area contributed by atoms with Crippen LogP contribution < -0.4 is 5.32 Å². The Balaban J connectivity index is 1.21. The number of piperidine rings is 1. The lowest BCUT2D eigenvalue weighted by atomic mass is 9.96. The Labute approximate surface area is 179 Å². The number of nitrogens with zero attached hydrogens (tertiary/aromatic N) is 3. The standard InChI is InChI=1S/C22H24N4O3S/c27-20(17-11-13-26(14-12-17)21(28)18-9-5-15-29-18)23-22-25-24-19(30-22)10-4-8-16-6-2-1-3-7-16/h1-3,5-7,9,15,17H,4,8,10-14H2,(H,23,25,27). The molecule has 3 heterocycles. The SMILES string of the molecule is O=C(Nc1nnc(CCCc2ccccc2)s1)C1CCN(C(=O)c2ccco2)CC1. The van der Waals surface area contributed by atoms with Crippen LogP contribution in [0.2, 0.25) is 0 Å². The normalized spacial score (nSPS) is 14.6. The summed E-state index contributed by atoms with van der Waals surface area (Å²) in [4.78, 5) is 26.6. The first kappa shape index (κ1) is 20.3. The van der Waals surface area contributed by atoms with E-state index in [1.807, 2.05) is 18.2 Å². The second kappa shape index (κ2) is 9.67. The summed E-state index contributed by atoms with van der Waals surface area (Å²) < 4.78 is 5.17. The number of anilines is 1. The highest BCUT2D eigenvalue weighted by Gasteiger charge is 2.29. The largest absolute Gasteiger partial charge is 0.459 e. The molecule has 0 spiro atoms. The number of hydrogen-bond acceptors (Lipinski definition) is 6. The third-order valence-electron chi connectivity index (χ3n) is 5.28. The molecule has 1 aliphatic heterocycles. The van der Waals surface area contributed by atoms with Crippen molar-refractivity contribution in [3.63, 3.8) is 0 Å². The molecule has 2 aromatic heterocycles. The second-order valence-electron chi connectivity index (χ2n) is 7.37. The number of aryl methyl sites for hydroxylation is 2. The number of amides is 2. The van der Waals surface area contributed by atoms with E-state index in [1.165, 1.54) is 23.2 Å². The summed E-state index contributed by atoms with van der Waals surface area (Å²) in [5, 5.41) is 12.7. The van der Waals surface area contributed by atoms with Crippen molar-refractivity contribution in [1.29, 1.82) is 0 Å². The Bertz CT molecular complexity index is 963. The molecular formula is C22H24N4O3S. The smallest absolute Gasteiger partial charge is 0.289 e. The average Bonchev–Trinajstić information content (AvgIpc) is 3.47. The van der Waals surface area contributed by atoms with Crippen LogP contribution in [0.5, 0.6) is 0 Å². The molecule has 4 rings (SSSR count). The summed E-state index contributed by atoms with van der Waals surface area (Å²) in [6, 6.07) is 13.7. The van der Waals surface area contributed by atoms with Crippen molar-refractivity contribution in [2.45, 2.75) is 32.1 Å². The Morgan fingerprint density at radius 2 is 1.87 bits per heavy atom. The highest BCUT2D eigenvalue weighted by molar-refractivity contribution is 7.15. The number of benzene rings is 1. The molecule has 0 saturated carbocycles. The summed E-state index contributed by atoms with van der Waals surface area (Å²) in [7, 11) is 0. The summed E-state index contributed by atoms with van der Waals surface area (Å²) in [5.41, 5.74) is 1.31. The van der Waals surface area contributed by atoms with Gasteiger partial charge in [-0.05, 0) is 43.4 Å². The highest BCUT2D eigenvalue weighted by Crippen LogP contribution is 2.23. The molecule has 1 aromatic carbocycles. The van der Waals surface area contributed by atoms with Gasteiger partial charge in [0, 0.05) is 25.4 Å². The van der Waals surface area contributed by atoms with E-state index in [4.69, 9.17) is 4.42 Å². The molecule has 0 atom stereocenters. The van der Waals surface area contributed by atoms with Crippen molar-refractivity contribution in [2.75, 3.05) is 18.4 Å². The average molecular weight is 425 g/mol. The predicted octanol–water partition coefficient (Wildman–Crippen LogP) is 3.80. The first-order valence-corrected chi connectivity index (χ1v) is 11.0. The van der Waals surface area contributed by atoms with Crippen molar-refractivity contribution in [2.24, 2.45) is 5.92 Å². The van der Waals surface area contributed by atoms with Gasteiger partial charge in [0.05, 0.1) is 6.26 Å². The van der Waals surface area contributed by atoms with Crippen LogP contribution in [-0.4, -0.2) is 40.0 Å². The van der Waals surface area contributed by atoms with E-state index < -0.39 is 0 Å². The number of rotatable bonds is 7. The number of carbonyl (C=O) groups is 2. The van der Waals surface area contributed by atoms with Crippen LogP contribution in [-0.2, 0) is 17.6 Å². The minimum Gasteiger partial charge on any atom is -0.459 e. The second-order valence-corrected chi connectivity index (χ2v) is 8.44. The van der Waals surface area contributed by atoms with Gasteiger partial charge in [0.15, 0.2) is 5.76 Å². The fourth-order valence-electron chi connectivity index (χ4n) is 3.60. The minimum absolute atomic E-state index is 0.0490. The van der Waals surface area contributed by atoms with E-state index in [1.54, 1.807) is 17.0 Å². The van der Waals surface area contributed by atoms with Gasteiger partial charge in [-0.1, -0.05) is 41.7 Å². The Morgan fingerprint density at radius 3 is 2.60 bits per heavy atom. The van der Waals surface area contributed by atoms with Gasteiger partial charge in [-0.15, -0.1) is 10.2 Å². The lowest BCUT2D eigenvalue weighted by Crippen LogP contribution is -2.41. The van der Waals surface area contributed by atoms with Gasteiger partial charge in [-0.3, -0.25) is 9.59 Å². The van der Waals surface area contributed by atoms with E-state index >= 15 is 0 Å². The number of likely N-dealkylation sites (tertiary alicyclic amines) is 1. The zero-order valence-corrected chi connectivity index (χ0v) is 17.4. The Morgan fingerprint density at radius 1 is 1.07 bits per heavy atom. The molecule has 30 heavy (non-hydrogen) atoms. The van der Waals surface area contributed by atoms with E-state index in [-0.39, 0.29) is 17.7 Å². The molecule has 1 saturated heterocycles. The Kier molecular flexibility index (Phi) is 6.53. The van der Waals surface area contributed by atoms with Gasteiger partial charge in [0.25, 0.3) is 5.91 Å². The number of hydrogen-bond donors (Lipinski definition) is 1. The van der Waals surface area contributed by atoms with Crippen LogP contribution >= 0.6 is 11.3 Å². The molecule has 1 aliphatic rings. The van der Waals surface area contributed by atoms with Crippen LogP contribution in [0, 0.1) is 5.92 Å². The molecule has 1 N–H and O–H groups in total. The third kappa shape index (κ3) is 5.13. The van der Waals surface area contributed by atoms with Crippen LogP contribution in [0.1, 0.15) is 40.4 Å². The van der Waals surface area contributed by atoms with Crippen molar-refractivity contribution in [3.8, 4) is 0 Å². The van der Waals surface area contributed by atoms with E-state index in [9.17, 15) is 9.59 Å². The first-order chi connectivity index (χ1) is 14.7. The van der Waals surface area contributed by atoms with Crippen molar-refractivity contribution < 1.29 is 14.0 Å². The number of furan rings is 1. The van der Waals surface area contributed by atoms with Gasteiger partial charge in [-0.25, -0.2) is 0 Å². The number of aromatic nitrogens is 2. The molecular weight excluding hydrogens is 400 g/mol. The topological polar surface area (TPSA) is 88.3 Å². The van der Waals surface area contributed by atoms with Crippen LogP contribution in [0.3, 0.4) is 0 Å². The van der Waals surface area contributed by atoms with Gasteiger partial charge >= 0.3 is 0 Å². The highest BCUT2D eigenvalue weighted by atomic mass is 32.1. The number of nitrogens with one attached hydrogen (secondary N) is 1. The quantitative estimate of drug-likeness (QED) is 0.623. The molecule has 1 fully saturated rings. The van der Waals surface area contributed by atoms with Crippen molar-refractivity contribution >= 4 is 28.3 Å². The first-order valence-electron chi connectivity index (χ1n) is 10.2. The molecule has 3 aromatic rings. The summed E-state index contributed by atoms with van der Waals surface area (Å²) in [5.74, 6) is 0.0397. The van der Waals surface area contributed by atoms with Crippen molar-refractivity contribution in [1.82, 2.24) is 15.1 Å². The fourth-order valence-corrected chi connectivity index (χ4v) is 4.39. The van der Waals surface area contributed by atoms with Crippen LogP contribution in [0.15, 0.2) is 53.1 Å². The molecule has 7 nitrogen and oxygen atoms in total. The maximum absolute atomic E-state index is 12.6. The maximum Gasteiger partial charge on any atom is 0.289 e. The molecule has 156 valence electrons. The summed E-state index contributed by atoms with van der Waals surface area (Å²) in [6.45, 7) is 1.08. The Hall–Kier alpha value is -3.00. The maximum atomic E-state index is 12.6. The molecule has 0 bridgehead atoms. The molecule has 0 aliphatic carbocycles.